The first kappa shape index (κ1) is 17.7. The Balaban J connectivity index is 1.31. The summed E-state index contributed by atoms with van der Waals surface area (Å²) >= 11 is 0. The van der Waals surface area contributed by atoms with Crippen molar-refractivity contribution in [3.05, 3.63) is 33.8 Å². The molecule has 1 aliphatic carbocycles. The molecule has 1 amide bonds. The topological polar surface area (TPSA) is 78.0 Å². The van der Waals surface area contributed by atoms with Crippen LogP contribution in [0.25, 0.3) is 0 Å². The second kappa shape index (κ2) is 6.60. The van der Waals surface area contributed by atoms with Crippen molar-refractivity contribution in [2.24, 2.45) is 5.92 Å². The van der Waals surface area contributed by atoms with Crippen LogP contribution in [0.1, 0.15) is 49.3 Å². The minimum Gasteiger partial charge on any atom is -0.334 e. The Labute approximate surface area is 164 Å². The van der Waals surface area contributed by atoms with E-state index in [9.17, 15) is 9.59 Å². The minimum atomic E-state index is 0.00416. The maximum atomic E-state index is 13.1. The summed E-state index contributed by atoms with van der Waals surface area (Å²) in [6.45, 7) is 5.93. The highest BCUT2D eigenvalue weighted by atomic mass is 16.2. The highest BCUT2D eigenvalue weighted by Crippen LogP contribution is 2.32. The number of aryl methyl sites for hydroxylation is 3. The minimum absolute atomic E-state index is 0.00416. The molecule has 5 rings (SSSR count). The molecule has 8 nitrogen and oxygen atoms in total. The van der Waals surface area contributed by atoms with E-state index < -0.39 is 0 Å². The fraction of sp³-hybridized carbons (Fsp3) is 0.700. The SMILES string of the molecule is Cc1cc(C)n(CCC(=O)N2C3CCC2Cn2c(nn(CC4CC4)c2=O)C3)n1. The van der Waals surface area contributed by atoms with Crippen molar-refractivity contribution < 1.29 is 4.79 Å². The number of carbonyl (C=O) groups is 1. The molecule has 0 aromatic carbocycles. The number of amides is 1. The summed E-state index contributed by atoms with van der Waals surface area (Å²) in [4.78, 5) is 27.9. The molecule has 0 radical (unpaired) electrons. The van der Waals surface area contributed by atoms with Gasteiger partial charge in [-0.2, -0.15) is 10.2 Å². The number of aromatic nitrogens is 5. The standard InChI is InChI=1S/C20H28N6O2/c1-13-9-14(2)24(21-13)8-7-19(27)26-16-5-6-17(26)12-23-18(10-16)22-25(20(23)28)11-15-3-4-15/h9,15-17H,3-8,10-12H2,1-2H3. The van der Waals surface area contributed by atoms with Gasteiger partial charge in [-0.25, -0.2) is 9.48 Å². The number of fused-ring (bicyclic) bond motifs is 3. The van der Waals surface area contributed by atoms with E-state index in [0.29, 0.717) is 31.8 Å². The molecule has 2 atom stereocenters. The van der Waals surface area contributed by atoms with Crippen LogP contribution < -0.4 is 5.69 Å². The molecule has 8 heteroatoms. The zero-order chi connectivity index (χ0) is 19.4. The smallest absolute Gasteiger partial charge is 0.334 e. The number of hydrogen-bond donors (Lipinski definition) is 0. The van der Waals surface area contributed by atoms with E-state index >= 15 is 0 Å². The summed E-state index contributed by atoms with van der Waals surface area (Å²) in [6.07, 6.45) is 5.52. The normalized spacial score (nSPS) is 23.7. The summed E-state index contributed by atoms with van der Waals surface area (Å²) in [5, 5.41) is 9.09. The van der Waals surface area contributed by atoms with E-state index in [1.807, 2.05) is 34.1 Å². The van der Waals surface area contributed by atoms with Crippen molar-refractivity contribution in [1.29, 1.82) is 0 Å². The number of rotatable bonds is 5. The van der Waals surface area contributed by atoms with Gasteiger partial charge in [-0.3, -0.25) is 14.0 Å². The highest BCUT2D eigenvalue weighted by molar-refractivity contribution is 5.77. The van der Waals surface area contributed by atoms with Crippen LogP contribution in [0.15, 0.2) is 10.9 Å². The van der Waals surface area contributed by atoms with Crippen LogP contribution in [0.2, 0.25) is 0 Å². The molecular formula is C20H28N6O2. The van der Waals surface area contributed by atoms with E-state index in [0.717, 1.165) is 36.6 Å². The van der Waals surface area contributed by atoms with Gasteiger partial charge >= 0.3 is 5.69 Å². The number of carbonyl (C=O) groups excluding carboxylic acids is 1. The molecule has 4 heterocycles. The molecule has 2 fully saturated rings. The molecule has 1 saturated heterocycles. The highest BCUT2D eigenvalue weighted by Gasteiger charge is 2.41. The van der Waals surface area contributed by atoms with Gasteiger partial charge in [0.1, 0.15) is 5.82 Å². The lowest BCUT2D eigenvalue weighted by Gasteiger charge is -2.28. The molecule has 3 aliphatic rings. The summed E-state index contributed by atoms with van der Waals surface area (Å²) in [7, 11) is 0. The molecule has 2 aromatic heterocycles. The second-order valence-corrected chi connectivity index (χ2v) is 8.73. The van der Waals surface area contributed by atoms with Gasteiger partial charge in [0.05, 0.1) is 11.7 Å². The van der Waals surface area contributed by atoms with E-state index in [-0.39, 0.29) is 23.7 Å². The van der Waals surface area contributed by atoms with Crippen LogP contribution in [-0.4, -0.2) is 47.0 Å². The summed E-state index contributed by atoms with van der Waals surface area (Å²) in [6, 6.07) is 2.30. The summed E-state index contributed by atoms with van der Waals surface area (Å²) in [5.41, 5.74) is 2.07. The molecule has 28 heavy (non-hydrogen) atoms. The fourth-order valence-corrected chi connectivity index (χ4v) is 4.89. The van der Waals surface area contributed by atoms with Gasteiger partial charge in [0.15, 0.2) is 0 Å². The molecule has 150 valence electrons. The third kappa shape index (κ3) is 3.08. The zero-order valence-electron chi connectivity index (χ0n) is 16.7. The maximum Gasteiger partial charge on any atom is 0.345 e. The third-order valence-electron chi connectivity index (χ3n) is 6.49. The first-order valence-corrected chi connectivity index (χ1v) is 10.5. The van der Waals surface area contributed by atoms with Gasteiger partial charge < -0.3 is 4.90 Å². The van der Waals surface area contributed by atoms with E-state index in [2.05, 4.69) is 10.2 Å². The van der Waals surface area contributed by atoms with Crippen LogP contribution in [0.4, 0.5) is 0 Å². The average molecular weight is 384 g/mol. The zero-order valence-corrected chi connectivity index (χ0v) is 16.7. The van der Waals surface area contributed by atoms with Crippen molar-refractivity contribution in [1.82, 2.24) is 29.0 Å². The van der Waals surface area contributed by atoms with Crippen LogP contribution in [-0.2, 0) is 30.8 Å². The predicted octanol–water partition coefficient (Wildman–Crippen LogP) is 1.27. The second-order valence-electron chi connectivity index (χ2n) is 8.73. The summed E-state index contributed by atoms with van der Waals surface area (Å²) in [5.74, 6) is 1.65. The van der Waals surface area contributed by atoms with Crippen LogP contribution >= 0.6 is 0 Å². The Morgan fingerprint density at radius 2 is 1.89 bits per heavy atom. The van der Waals surface area contributed by atoms with Gasteiger partial charge in [0.25, 0.3) is 0 Å². The molecule has 2 aliphatic heterocycles. The molecular weight excluding hydrogens is 356 g/mol. The Morgan fingerprint density at radius 3 is 2.61 bits per heavy atom. The lowest BCUT2D eigenvalue weighted by atomic mass is 10.1. The quantitative estimate of drug-likeness (QED) is 0.778. The predicted molar refractivity (Wildman–Crippen MR) is 103 cm³/mol. The number of nitrogens with zero attached hydrogens (tertiary/aromatic N) is 6. The van der Waals surface area contributed by atoms with Gasteiger partial charge in [0.2, 0.25) is 5.91 Å². The Kier molecular flexibility index (Phi) is 4.17. The molecule has 2 unspecified atom stereocenters. The van der Waals surface area contributed by atoms with E-state index in [1.165, 1.54) is 12.8 Å². The lowest BCUT2D eigenvalue weighted by molar-refractivity contribution is -0.134. The largest absolute Gasteiger partial charge is 0.345 e. The Hall–Kier alpha value is -2.38. The Morgan fingerprint density at radius 1 is 1.11 bits per heavy atom. The fourth-order valence-electron chi connectivity index (χ4n) is 4.89. The molecule has 0 N–H and O–H groups in total. The van der Waals surface area contributed by atoms with Gasteiger partial charge in [-0.15, -0.1) is 0 Å². The van der Waals surface area contributed by atoms with E-state index in [4.69, 9.17) is 0 Å². The average Bonchev–Trinajstić information content (AvgIpc) is 3.24. The van der Waals surface area contributed by atoms with Crippen molar-refractivity contribution >= 4 is 5.91 Å². The van der Waals surface area contributed by atoms with Crippen LogP contribution in [0.5, 0.6) is 0 Å². The first-order valence-electron chi connectivity index (χ1n) is 10.5. The molecule has 2 aromatic rings. The lowest BCUT2D eigenvalue weighted by Crippen LogP contribution is -2.43. The molecule has 2 bridgehead atoms. The maximum absolute atomic E-state index is 13.1. The summed E-state index contributed by atoms with van der Waals surface area (Å²) < 4.78 is 5.40. The van der Waals surface area contributed by atoms with Crippen molar-refractivity contribution in [2.75, 3.05) is 0 Å². The van der Waals surface area contributed by atoms with Crippen molar-refractivity contribution in [3.63, 3.8) is 0 Å². The van der Waals surface area contributed by atoms with Crippen LogP contribution in [0, 0.1) is 19.8 Å². The molecule has 0 spiro atoms. The van der Waals surface area contributed by atoms with Gasteiger partial charge in [-0.1, -0.05) is 0 Å². The van der Waals surface area contributed by atoms with E-state index in [1.54, 1.807) is 4.68 Å². The van der Waals surface area contributed by atoms with Gasteiger partial charge in [-0.05, 0) is 51.5 Å². The van der Waals surface area contributed by atoms with Crippen molar-refractivity contribution in [2.45, 2.75) is 84.1 Å². The van der Waals surface area contributed by atoms with Crippen LogP contribution in [0.3, 0.4) is 0 Å². The first-order chi connectivity index (χ1) is 13.5. The van der Waals surface area contributed by atoms with Gasteiger partial charge in [0, 0.05) is 44.2 Å². The monoisotopic (exact) mass is 384 g/mol. The Bertz CT molecular complexity index is 966. The van der Waals surface area contributed by atoms with Crippen molar-refractivity contribution in [3.8, 4) is 0 Å². The molecule has 1 saturated carbocycles. The number of hydrogen-bond acceptors (Lipinski definition) is 4. The third-order valence-corrected chi connectivity index (χ3v) is 6.49.